The van der Waals surface area contributed by atoms with Gasteiger partial charge in [-0.15, -0.1) is 0 Å². The van der Waals surface area contributed by atoms with Gasteiger partial charge in [0.2, 0.25) is 0 Å². The fourth-order valence-electron chi connectivity index (χ4n) is 1.10. The lowest BCUT2D eigenvalue weighted by molar-refractivity contribution is -0.126. The van der Waals surface area contributed by atoms with Gasteiger partial charge in [0.25, 0.3) is 5.91 Å². The van der Waals surface area contributed by atoms with Crippen LogP contribution in [0.3, 0.4) is 0 Å². The molecule has 2 atom stereocenters. The average molecular weight is 207 g/mol. The highest BCUT2D eigenvalue weighted by Crippen LogP contribution is 2.17. The van der Waals surface area contributed by atoms with E-state index in [0.29, 0.717) is 0 Å². The third-order valence-corrected chi connectivity index (χ3v) is 2.38. The van der Waals surface area contributed by atoms with Crippen LogP contribution >= 0.6 is 11.6 Å². The molecule has 0 aliphatic carbocycles. The molecular weight excluding hydrogens is 196 g/mol. The third kappa shape index (κ3) is 1.76. The van der Waals surface area contributed by atoms with Crippen molar-refractivity contribution in [2.75, 3.05) is 13.6 Å². The van der Waals surface area contributed by atoms with Gasteiger partial charge in [-0.3, -0.25) is 4.79 Å². The number of alkyl halides is 1. The number of carbonyl (C=O) groups excluding carboxylic acids is 2. The predicted molar refractivity (Wildman–Crippen MR) is 46.2 cm³/mol. The van der Waals surface area contributed by atoms with E-state index in [4.69, 9.17) is 16.7 Å². The highest BCUT2D eigenvalue weighted by molar-refractivity contribution is 6.24. The molecule has 0 aromatic carbocycles. The fourth-order valence-corrected chi connectivity index (χ4v) is 1.29. The molecule has 1 N–H and O–H groups in total. The van der Waals surface area contributed by atoms with Gasteiger partial charge in [0.15, 0.2) is 0 Å². The van der Waals surface area contributed by atoms with Crippen molar-refractivity contribution >= 4 is 23.5 Å². The number of imide groups is 1. The quantitative estimate of drug-likeness (QED) is 0.388. The molecule has 6 heteroatoms. The highest BCUT2D eigenvalue weighted by atomic mass is 35.5. The Morgan fingerprint density at radius 1 is 1.54 bits per heavy atom. The number of aliphatic hydroxyl groups excluding tert-OH is 1. The second kappa shape index (κ2) is 3.51. The van der Waals surface area contributed by atoms with Gasteiger partial charge in [0.1, 0.15) is 12.0 Å². The van der Waals surface area contributed by atoms with Crippen molar-refractivity contribution in [3.8, 4) is 0 Å². The van der Waals surface area contributed by atoms with E-state index in [1.165, 1.54) is 18.9 Å². The summed E-state index contributed by atoms with van der Waals surface area (Å²) in [6.45, 7) is 1.45. The number of likely N-dealkylation sites (N-methyl/N-ethyl adjacent to an activating group) is 1. The summed E-state index contributed by atoms with van der Waals surface area (Å²) in [6.07, 6.45) is -0.930. The smallest absolute Gasteiger partial charge is 0.328 e. The Kier molecular flexibility index (Phi) is 2.77. The van der Waals surface area contributed by atoms with Crippen molar-refractivity contribution in [3.05, 3.63) is 0 Å². The van der Waals surface area contributed by atoms with Crippen LogP contribution < -0.4 is 0 Å². The average Bonchev–Trinajstić information content (AvgIpc) is 2.26. The first-order valence-corrected chi connectivity index (χ1v) is 4.28. The summed E-state index contributed by atoms with van der Waals surface area (Å²) < 4.78 is 0. The molecule has 0 radical (unpaired) electrons. The number of urea groups is 1. The molecule has 1 saturated heterocycles. The van der Waals surface area contributed by atoms with Crippen LogP contribution in [0.4, 0.5) is 4.79 Å². The van der Waals surface area contributed by atoms with Crippen LogP contribution in [0.15, 0.2) is 0 Å². The molecule has 1 unspecified atom stereocenters. The van der Waals surface area contributed by atoms with E-state index in [1.54, 1.807) is 0 Å². The first-order chi connectivity index (χ1) is 5.95. The van der Waals surface area contributed by atoms with Gasteiger partial charge in [-0.2, -0.15) is 0 Å². The molecule has 3 amide bonds. The van der Waals surface area contributed by atoms with Crippen molar-refractivity contribution in [3.63, 3.8) is 0 Å². The predicted octanol–water partition coefficient (Wildman–Crippen LogP) is -0.174. The Morgan fingerprint density at radius 3 is 2.38 bits per heavy atom. The number of carbonyl (C=O) groups is 2. The largest absolute Gasteiger partial charge is 0.390 e. The molecule has 0 spiro atoms. The zero-order valence-corrected chi connectivity index (χ0v) is 8.15. The van der Waals surface area contributed by atoms with Crippen molar-refractivity contribution in [1.29, 1.82) is 0 Å². The molecule has 1 fully saturated rings. The van der Waals surface area contributed by atoms with E-state index >= 15 is 0 Å². The molecule has 0 bridgehead atoms. The third-order valence-electron chi connectivity index (χ3n) is 1.82. The molecule has 1 rings (SSSR count). The Hall–Kier alpha value is -0.810. The minimum absolute atomic E-state index is 0.0226. The van der Waals surface area contributed by atoms with Crippen LogP contribution in [0.2, 0.25) is 0 Å². The summed E-state index contributed by atoms with van der Waals surface area (Å²) in [6, 6.07) is -0.467. The second-order valence-corrected chi connectivity index (χ2v) is 3.46. The van der Waals surface area contributed by atoms with Gasteiger partial charge in [-0.05, 0) is 6.92 Å². The molecule has 0 saturated carbocycles. The topological polar surface area (TPSA) is 60.9 Å². The Balaban J connectivity index is 2.80. The molecule has 5 nitrogen and oxygen atoms in total. The van der Waals surface area contributed by atoms with Crippen LogP contribution in [-0.4, -0.2) is 52.0 Å². The van der Waals surface area contributed by atoms with Gasteiger partial charge in [-0.1, -0.05) is 11.6 Å². The van der Waals surface area contributed by atoms with E-state index < -0.39 is 17.6 Å². The fraction of sp³-hybridized carbons (Fsp3) is 0.714. The monoisotopic (exact) mass is 206 g/mol. The summed E-state index contributed by atoms with van der Waals surface area (Å²) >= 11 is 5.68. The summed E-state index contributed by atoms with van der Waals surface area (Å²) in [5.74, 6) is -0.381. The molecule has 74 valence electrons. The number of rotatable bonds is 2. The van der Waals surface area contributed by atoms with Crippen molar-refractivity contribution < 1.29 is 14.7 Å². The van der Waals surface area contributed by atoms with Crippen molar-refractivity contribution in [1.82, 2.24) is 9.80 Å². The van der Waals surface area contributed by atoms with E-state index in [0.717, 1.165) is 4.90 Å². The maximum atomic E-state index is 11.3. The standard InChI is InChI=1S/C7H11ClN2O3/c1-4(11)6(8)10-5(12)3-9(2)7(10)13/h4,6,11H,3H2,1-2H3/t4-,6?/m0/s1. The molecule has 1 aliphatic rings. The number of amides is 3. The van der Waals surface area contributed by atoms with E-state index in [-0.39, 0.29) is 12.5 Å². The van der Waals surface area contributed by atoms with Gasteiger partial charge in [-0.25, -0.2) is 9.69 Å². The Bertz CT molecular complexity index is 244. The Labute approximate surface area is 80.9 Å². The number of hydrogen-bond donors (Lipinski definition) is 1. The number of halogens is 1. The van der Waals surface area contributed by atoms with Crippen LogP contribution in [-0.2, 0) is 4.79 Å². The van der Waals surface area contributed by atoms with Crippen LogP contribution in [0.25, 0.3) is 0 Å². The van der Waals surface area contributed by atoms with Gasteiger partial charge < -0.3 is 10.0 Å². The molecule has 13 heavy (non-hydrogen) atoms. The summed E-state index contributed by atoms with van der Waals surface area (Å²) in [5, 5.41) is 9.11. The zero-order chi connectivity index (χ0) is 10.2. The first-order valence-electron chi connectivity index (χ1n) is 3.84. The molecule has 0 aromatic rings. The van der Waals surface area contributed by atoms with Crippen LogP contribution in [0.1, 0.15) is 6.92 Å². The lowest BCUT2D eigenvalue weighted by atomic mass is 10.3. The molecule has 0 aromatic heterocycles. The minimum Gasteiger partial charge on any atom is -0.390 e. The number of hydrogen-bond acceptors (Lipinski definition) is 3. The van der Waals surface area contributed by atoms with Crippen LogP contribution in [0.5, 0.6) is 0 Å². The normalized spacial score (nSPS) is 22.5. The number of nitrogens with zero attached hydrogens (tertiary/aromatic N) is 2. The van der Waals surface area contributed by atoms with Crippen molar-refractivity contribution in [2.45, 2.75) is 18.5 Å². The SMILES string of the molecule is C[C@H](O)C(Cl)N1C(=O)CN(C)C1=O. The second-order valence-electron chi connectivity index (χ2n) is 3.02. The van der Waals surface area contributed by atoms with Gasteiger partial charge >= 0.3 is 6.03 Å². The Morgan fingerprint density at radius 2 is 2.08 bits per heavy atom. The van der Waals surface area contributed by atoms with Gasteiger partial charge in [0, 0.05) is 7.05 Å². The van der Waals surface area contributed by atoms with E-state index in [1.807, 2.05) is 0 Å². The zero-order valence-electron chi connectivity index (χ0n) is 7.40. The first kappa shape index (κ1) is 10.3. The minimum atomic E-state index is -0.982. The van der Waals surface area contributed by atoms with E-state index in [2.05, 4.69) is 0 Å². The van der Waals surface area contributed by atoms with Crippen molar-refractivity contribution in [2.24, 2.45) is 0 Å². The summed E-state index contributed by atoms with van der Waals surface area (Å²) in [7, 11) is 1.51. The molecule has 1 aliphatic heterocycles. The molecular formula is C7H11ClN2O3. The highest BCUT2D eigenvalue weighted by Gasteiger charge is 2.39. The maximum Gasteiger partial charge on any atom is 0.328 e. The summed E-state index contributed by atoms with van der Waals surface area (Å²) in [4.78, 5) is 24.6. The summed E-state index contributed by atoms with van der Waals surface area (Å²) in [5.41, 5.74) is -0.982. The lowest BCUT2D eigenvalue weighted by Crippen LogP contribution is -2.43. The van der Waals surface area contributed by atoms with E-state index in [9.17, 15) is 9.59 Å². The lowest BCUT2D eigenvalue weighted by Gasteiger charge is -2.22. The van der Waals surface area contributed by atoms with Crippen LogP contribution in [0, 0.1) is 0 Å². The number of aliphatic hydroxyl groups is 1. The maximum absolute atomic E-state index is 11.3. The van der Waals surface area contributed by atoms with Gasteiger partial charge in [0.05, 0.1) is 6.10 Å². The molecule has 1 heterocycles.